The van der Waals surface area contributed by atoms with Crippen LogP contribution in [0.4, 0.5) is 5.69 Å². The Kier molecular flexibility index (Phi) is 3.25. The zero-order valence-corrected chi connectivity index (χ0v) is 11.3. The minimum absolute atomic E-state index is 0.0273. The van der Waals surface area contributed by atoms with Crippen molar-refractivity contribution in [3.05, 3.63) is 23.2 Å². The van der Waals surface area contributed by atoms with E-state index >= 15 is 0 Å². The second kappa shape index (κ2) is 4.44. The number of amides is 1. The molecule has 1 saturated heterocycles. The maximum Gasteiger partial charge on any atom is 0.241 e. The van der Waals surface area contributed by atoms with Crippen molar-refractivity contribution in [1.82, 2.24) is 4.90 Å². The topological polar surface area (TPSA) is 80.5 Å². The lowest BCUT2D eigenvalue weighted by Crippen LogP contribution is -2.32. The molecule has 1 aromatic carbocycles. The summed E-state index contributed by atoms with van der Waals surface area (Å²) in [5.41, 5.74) is 5.74. The number of nitrogens with zero attached hydrogens (tertiary/aromatic N) is 1. The Morgan fingerprint density at radius 2 is 2.11 bits per heavy atom. The highest BCUT2D eigenvalue weighted by Gasteiger charge is 2.41. The van der Waals surface area contributed by atoms with Crippen LogP contribution in [0, 0.1) is 0 Å². The molecule has 18 heavy (non-hydrogen) atoms. The molecule has 1 amide bonds. The quantitative estimate of drug-likeness (QED) is 0.821. The summed E-state index contributed by atoms with van der Waals surface area (Å²) in [6, 6.07) is 4.17. The van der Waals surface area contributed by atoms with Gasteiger partial charge in [-0.1, -0.05) is 11.6 Å². The predicted molar refractivity (Wildman–Crippen MR) is 69.1 cm³/mol. The largest absolute Gasteiger partial charge is 0.398 e. The number of likely N-dealkylation sites (tertiary alicyclic amines) is 1. The molecule has 1 unspecified atom stereocenters. The van der Waals surface area contributed by atoms with Crippen LogP contribution in [0.3, 0.4) is 0 Å². The van der Waals surface area contributed by atoms with Crippen molar-refractivity contribution in [2.24, 2.45) is 0 Å². The van der Waals surface area contributed by atoms with Gasteiger partial charge in [0.2, 0.25) is 5.91 Å². The monoisotopic (exact) mass is 288 g/mol. The van der Waals surface area contributed by atoms with Crippen LogP contribution >= 0.6 is 11.6 Å². The fraction of sp³-hybridized carbons (Fsp3) is 0.364. The van der Waals surface area contributed by atoms with Crippen molar-refractivity contribution < 1.29 is 13.2 Å². The van der Waals surface area contributed by atoms with Gasteiger partial charge in [0, 0.05) is 18.6 Å². The standard InChI is InChI=1S/C11H13ClN2O3S/c1-14-5-4-10(11(14)15)18(16,17)9-3-2-7(12)6-8(9)13/h2-3,6,10H,4-5,13H2,1H3. The first-order chi connectivity index (χ1) is 8.34. The maximum absolute atomic E-state index is 12.4. The van der Waals surface area contributed by atoms with E-state index in [2.05, 4.69) is 0 Å². The molecule has 0 radical (unpaired) electrons. The first-order valence-corrected chi connectivity index (χ1v) is 7.30. The number of sulfone groups is 1. The Labute approximate surface area is 110 Å². The zero-order chi connectivity index (χ0) is 13.5. The van der Waals surface area contributed by atoms with Crippen molar-refractivity contribution >= 4 is 33.0 Å². The van der Waals surface area contributed by atoms with Crippen LogP contribution in [0.15, 0.2) is 23.1 Å². The number of hydrogen-bond acceptors (Lipinski definition) is 4. The average Bonchev–Trinajstić information content (AvgIpc) is 2.59. The number of carbonyl (C=O) groups is 1. The SMILES string of the molecule is CN1CCC(S(=O)(=O)c2ccc(Cl)cc2N)C1=O. The van der Waals surface area contributed by atoms with E-state index in [1.165, 1.54) is 23.1 Å². The molecule has 98 valence electrons. The molecular formula is C11H13ClN2O3S. The average molecular weight is 289 g/mol. The van der Waals surface area contributed by atoms with Crippen molar-refractivity contribution in [1.29, 1.82) is 0 Å². The number of hydrogen-bond donors (Lipinski definition) is 1. The summed E-state index contributed by atoms with van der Waals surface area (Å²) in [6.45, 7) is 0.441. The smallest absolute Gasteiger partial charge is 0.241 e. The highest BCUT2D eigenvalue weighted by Crippen LogP contribution is 2.29. The number of rotatable bonds is 2. The van der Waals surface area contributed by atoms with Crippen LogP contribution in [0.1, 0.15) is 6.42 Å². The van der Waals surface area contributed by atoms with Gasteiger partial charge < -0.3 is 10.6 Å². The normalized spacial score (nSPS) is 20.4. The molecule has 0 aliphatic carbocycles. The minimum atomic E-state index is -3.74. The third kappa shape index (κ3) is 2.06. The van der Waals surface area contributed by atoms with Gasteiger partial charge >= 0.3 is 0 Å². The van der Waals surface area contributed by atoms with Gasteiger partial charge in [0.15, 0.2) is 9.84 Å². The molecule has 1 aliphatic heterocycles. The van der Waals surface area contributed by atoms with Gasteiger partial charge in [-0.25, -0.2) is 8.42 Å². The molecule has 7 heteroatoms. The lowest BCUT2D eigenvalue weighted by Gasteiger charge is -2.13. The van der Waals surface area contributed by atoms with E-state index in [1.54, 1.807) is 7.05 Å². The predicted octanol–water partition coefficient (Wildman–Crippen LogP) is 0.927. The van der Waals surface area contributed by atoms with Gasteiger partial charge in [0.25, 0.3) is 0 Å². The second-order valence-corrected chi connectivity index (χ2v) is 6.80. The van der Waals surface area contributed by atoms with Gasteiger partial charge in [-0.15, -0.1) is 0 Å². The number of nitrogen functional groups attached to an aromatic ring is 1. The lowest BCUT2D eigenvalue weighted by atomic mass is 10.3. The summed E-state index contributed by atoms with van der Waals surface area (Å²) in [4.78, 5) is 13.2. The van der Waals surface area contributed by atoms with E-state index in [1.807, 2.05) is 0 Å². The van der Waals surface area contributed by atoms with Crippen LogP contribution in [0.25, 0.3) is 0 Å². The molecular weight excluding hydrogens is 276 g/mol. The van der Waals surface area contributed by atoms with E-state index in [9.17, 15) is 13.2 Å². The van der Waals surface area contributed by atoms with Gasteiger partial charge in [-0.05, 0) is 24.6 Å². The Bertz CT molecular complexity index is 600. The zero-order valence-electron chi connectivity index (χ0n) is 9.76. The summed E-state index contributed by atoms with van der Waals surface area (Å²) >= 11 is 5.73. The number of anilines is 1. The summed E-state index contributed by atoms with van der Waals surface area (Å²) in [7, 11) is -2.16. The van der Waals surface area contributed by atoms with Crippen LogP contribution < -0.4 is 5.73 Å². The van der Waals surface area contributed by atoms with Crippen LogP contribution in [-0.4, -0.2) is 38.1 Å². The first kappa shape index (κ1) is 13.2. The van der Waals surface area contributed by atoms with Gasteiger partial charge in [-0.3, -0.25) is 4.79 Å². The van der Waals surface area contributed by atoms with E-state index in [0.29, 0.717) is 18.0 Å². The van der Waals surface area contributed by atoms with Crippen molar-refractivity contribution in [3.63, 3.8) is 0 Å². The minimum Gasteiger partial charge on any atom is -0.398 e. The second-order valence-electron chi connectivity index (χ2n) is 4.26. The summed E-state index contributed by atoms with van der Waals surface area (Å²) < 4.78 is 24.7. The third-order valence-corrected chi connectivity index (χ3v) is 5.44. The Hall–Kier alpha value is -1.27. The molecule has 1 heterocycles. The summed E-state index contributed by atoms with van der Waals surface area (Å²) in [6.07, 6.45) is 0.291. The Morgan fingerprint density at radius 1 is 1.44 bits per heavy atom. The highest BCUT2D eigenvalue weighted by atomic mass is 35.5. The number of carbonyl (C=O) groups excluding carboxylic acids is 1. The van der Waals surface area contributed by atoms with Crippen molar-refractivity contribution in [2.75, 3.05) is 19.3 Å². The van der Waals surface area contributed by atoms with Crippen molar-refractivity contribution in [2.45, 2.75) is 16.6 Å². The highest BCUT2D eigenvalue weighted by molar-refractivity contribution is 7.93. The molecule has 2 N–H and O–H groups in total. The Morgan fingerprint density at radius 3 is 2.61 bits per heavy atom. The molecule has 0 aromatic heterocycles. The maximum atomic E-state index is 12.4. The molecule has 2 rings (SSSR count). The summed E-state index contributed by atoms with van der Waals surface area (Å²) in [5.74, 6) is -0.385. The van der Waals surface area contributed by atoms with E-state index < -0.39 is 15.1 Å². The molecule has 0 saturated carbocycles. The molecule has 5 nitrogen and oxygen atoms in total. The third-order valence-electron chi connectivity index (χ3n) is 3.03. The van der Waals surface area contributed by atoms with Gasteiger partial charge in [0.05, 0.1) is 10.6 Å². The molecule has 1 aliphatic rings. The Balaban J connectivity index is 2.46. The van der Waals surface area contributed by atoms with E-state index in [0.717, 1.165) is 0 Å². The van der Waals surface area contributed by atoms with Crippen LogP contribution in [-0.2, 0) is 14.6 Å². The van der Waals surface area contributed by atoms with E-state index in [-0.39, 0.29) is 16.5 Å². The molecule has 0 bridgehead atoms. The fourth-order valence-electron chi connectivity index (χ4n) is 2.01. The van der Waals surface area contributed by atoms with E-state index in [4.69, 9.17) is 17.3 Å². The summed E-state index contributed by atoms with van der Waals surface area (Å²) in [5, 5.41) is -0.674. The fourth-order valence-corrected chi connectivity index (χ4v) is 4.00. The molecule has 1 atom stereocenters. The molecule has 1 fully saturated rings. The number of halogens is 1. The first-order valence-electron chi connectivity index (χ1n) is 5.38. The van der Waals surface area contributed by atoms with Crippen molar-refractivity contribution in [3.8, 4) is 0 Å². The molecule has 0 spiro atoms. The number of benzene rings is 1. The van der Waals surface area contributed by atoms with Crippen LogP contribution in [0.2, 0.25) is 5.02 Å². The van der Waals surface area contributed by atoms with Gasteiger partial charge in [-0.2, -0.15) is 0 Å². The lowest BCUT2D eigenvalue weighted by molar-refractivity contribution is -0.126. The van der Waals surface area contributed by atoms with Gasteiger partial charge in [0.1, 0.15) is 5.25 Å². The number of nitrogens with two attached hydrogens (primary N) is 1. The van der Waals surface area contributed by atoms with Crippen LogP contribution in [0.5, 0.6) is 0 Å². The molecule has 1 aromatic rings.